The molecule has 0 aliphatic carbocycles. The Hall–Kier alpha value is -3.17. The van der Waals surface area contributed by atoms with E-state index < -0.39 is 16.6 Å². The number of hydrogen-bond donors (Lipinski definition) is 0. The fraction of sp³-hybridized carbons (Fsp3) is 0.235. The second kappa shape index (κ2) is 5.97. The number of ketones is 1. The van der Waals surface area contributed by atoms with Crippen LogP contribution in [0.2, 0.25) is 0 Å². The van der Waals surface area contributed by atoms with Gasteiger partial charge in [-0.3, -0.25) is 29.6 Å². The number of hydrogen-bond acceptors (Lipinski definition) is 7. The van der Waals surface area contributed by atoms with Gasteiger partial charge >= 0.3 is 0 Å². The molecule has 0 radical (unpaired) electrons. The van der Waals surface area contributed by atoms with Gasteiger partial charge in [0.1, 0.15) is 5.69 Å². The van der Waals surface area contributed by atoms with Crippen molar-refractivity contribution in [1.29, 1.82) is 0 Å². The third-order valence-electron chi connectivity index (χ3n) is 4.31. The van der Waals surface area contributed by atoms with Gasteiger partial charge in [0.25, 0.3) is 17.4 Å². The average molecular weight is 355 g/mol. The molecule has 0 bridgehead atoms. The molecule has 9 heteroatoms. The highest BCUT2D eigenvalue weighted by molar-refractivity contribution is 6.11. The van der Waals surface area contributed by atoms with Gasteiger partial charge in [-0.2, -0.15) is 0 Å². The molecule has 26 heavy (non-hydrogen) atoms. The minimum absolute atomic E-state index is 0.176. The zero-order valence-corrected chi connectivity index (χ0v) is 13.5. The Morgan fingerprint density at radius 1 is 1.27 bits per heavy atom. The number of carbonyl (C=O) groups is 2. The molecule has 0 atom stereocenters. The monoisotopic (exact) mass is 355 g/mol. The summed E-state index contributed by atoms with van der Waals surface area (Å²) in [7, 11) is 0. The Balaban J connectivity index is 1.74. The van der Waals surface area contributed by atoms with Crippen LogP contribution in [0.1, 0.15) is 16.1 Å². The van der Waals surface area contributed by atoms with Gasteiger partial charge in [0.05, 0.1) is 35.9 Å². The van der Waals surface area contributed by atoms with Crippen LogP contribution in [0.4, 0.5) is 11.4 Å². The highest BCUT2D eigenvalue weighted by atomic mass is 16.7. The molecule has 0 unspecified atom stereocenters. The molecule has 1 aromatic carbocycles. The van der Waals surface area contributed by atoms with Gasteiger partial charge in [0.15, 0.2) is 0 Å². The fourth-order valence-corrected chi connectivity index (χ4v) is 3.14. The lowest BCUT2D eigenvalue weighted by Gasteiger charge is -2.21. The molecular weight excluding hydrogens is 342 g/mol. The van der Waals surface area contributed by atoms with Crippen molar-refractivity contribution in [3.8, 4) is 0 Å². The molecule has 1 aromatic heterocycles. The molecule has 3 heterocycles. The summed E-state index contributed by atoms with van der Waals surface area (Å²) < 4.78 is 11.1. The smallest absolute Gasteiger partial charge is 0.292 e. The molecule has 1 fully saturated rings. The molecule has 1 amide bonds. The number of Topliss-reactive ketones (excluding diaryl/α,β-unsaturated/α-hetero) is 1. The standard InChI is InChI=1S/C17H13N3O6/c21-15(13-3-1-2-6-18-13)10-19-14-5-4-11(20(23)24)9-12(14)17(16(19)22)25-7-8-26-17/h1-6,9H,7-8,10H2. The molecule has 1 saturated heterocycles. The van der Waals surface area contributed by atoms with Crippen molar-refractivity contribution in [3.63, 3.8) is 0 Å². The van der Waals surface area contributed by atoms with Crippen LogP contribution in [0.5, 0.6) is 0 Å². The third-order valence-corrected chi connectivity index (χ3v) is 4.31. The molecule has 9 nitrogen and oxygen atoms in total. The number of amides is 1. The lowest BCUT2D eigenvalue weighted by molar-refractivity contribution is -0.385. The number of non-ortho nitro benzene ring substituents is 1. The summed E-state index contributed by atoms with van der Waals surface area (Å²) in [6.45, 7) is 0.0843. The van der Waals surface area contributed by atoms with E-state index in [1.807, 2.05) is 0 Å². The number of pyridine rings is 1. The minimum Gasteiger partial charge on any atom is -0.336 e. The fourth-order valence-electron chi connectivity index (χ4n) is 3.14. The number of nitrogens with zero attached hydrogens (tertiary/aromatic N) is 3. The number of carbonyl (C=O) groups excluding carboxylic acids is 2. The van der Waals surface area contributed by atoms with Crippen LogP contribution >= 0.6 is 0 Å². The van der Waals surface area contributed by atoms with Crippen molar-refractivity contribution < 1.29 is 24.0 Å². The first-order valence-corrected chi connectivity index (χ1v) is 7.86. The van der Waals surface area contributed by atoms with E-state index in [9.17, 15) is 19.7 Å². The predicted octanol–water partition coefficient (Wildman–Crippen LogP) is 1.42. The zero-order valence-electron chi connectivity index (χ0n) is 13.5. The normalized spacial score (nSPS) is 17.5. The summed E-state index contributed by atoms with van der Waals surface area (Å²) in [5.74, 6) is -2.67. The number of ether oxygens (including phenoxy) is 2. The number of fused-ring (bicyclic) bond motifs is 2. The maximum absolute atomic E-state index is 13.0. The van der Waals surface area contributed by atoms with E-state index in [2.05, 4.69) is 4.98 Å². The molecule has 0 saturated carbocycles. The van der Waals surface area contributed by atoms with Gasteiger partial charge in [-0.05, 0) is 18.2 Å². The van der Waals surface area contributed by atoms with Crippen molar-refractivity contribution in [2.24, 2.45) is 0 Å². The van der Waals surface area contributed by atoms with Crippen molar-refractivity contribution in [2.75, 3.05) is 24.7 Å². The van der Waals surface area contributed by atoms with Crippen LogP contribution in [0.3, 0.4) is 0 Å². The van der Waals surface area contributed by atoms with E-state index in [1.165, 1.54) is 29.3 Å². The lowest BCUT2D eigenvalue weighted by atomic mass is 10.1. The van der Waals surface area contributed by atoms with Crippen LogP contribution in [-0.2, 0) is 20.1 Å². The van der Waals surface area contributed by atoms with Crippen LogP contribution in [0.15, 0.2) is 42.6 Å². The summed E-state index contributed by atoms with van der Waals surface area (Å²) in [5, 5.41) is 11.1. The predicted molar refractivity (Wildman–Crippen MR) is 87.6 cm³/mol. The van der Waals surface area contributed by atoms with Gasteiger partial charge in [-0.25, -0.2) is 0 Å². The first-order chi connectivity index (χ1) is 12.5. The number of rotatable bonds is 4. The van der Waals surface area contributed by atoms with Crippen molar-refractivity contribution in [1.82, 2.24) is 4.98 Å². The largest absolute Gasteiger partial charge is 0.336 e. The highest BCUT2D eigenvalue weighted by Gasteiger charge is 2.56. The minimum atomic E-state index is -1.73. The van der Waals surface area contributed by atoms with Gasteiger partial charge in [0.2, 0.25) is 5.78 Å². The SMILES string of the molecule is O=C(CN1C(=O)C2(OCCO2)c2cc([N+](=O)[O-])ccc21)c1ccccn1. The highest BCUT2D eigenvalue weighted by Crippen LogP contribution is 2.46. The van der Waals surface area contributed by atoms with E-state index in [1.54, 1.807) is 18.2 Å². The molecule has 0 N–H and O–H groups in total. The Morgan fingerprint density at radius 2 is 2.04 bits per heavy atom. The van der Waals surface area contributed by atoms with Crippen LogP contribution in [0.25, 0.3) is 0 Å². The number of benzene rings is 1. The topological polar surface area (TPSA) is 112 Å². The van der Waals surface area contributed by atoms with Crippen molar-refractivity contribution in [2.45, 2.75) is 5.79 Å². The third kappa shape index (κ3) is 2.37. The Labute approximate surface area is 147 Å². The van der Waals surface area contributed by atoms with E-state index >= 15 is 0 Å². The van der Waals surface area contributed by atoms with Crippen LogP contribution in [-0.4, -0.2) is 41.4 Å². The summed E-state index contributed by atoms with van der Waals surface area (Å²) in [5.41, 5.74) is 0.626. The van der Waals surface area contributed by atoms with Gasteiger partial charge in [0, 0.05) is 18.3 Å². The molecule has 132 valence electrons. The van der Waals surface area contributed by atoms with E-state index in [0.29, 0.717) is 5.69 Å². The molecular formula is C17H13N3O6. The maximum Gasteiger partial charge on any atom is 0.292 e. The number of nitro benzene ring substituents is 1. The van der Waals surface area contributed by atoms with E-state index in [0.717, 1.165) is 0 Å². The number of nitro groups is 1. The zero-order chi connectivity index (χ0) is 18.3. The summed E-state index contributed by atoms with van der Waals surface area (Å²) >= 11 is 0. The Kier molecular flexibility index (Phi) is 3.74. The second-order valence-electron chi connectivity index (χ2n) is 5.80. The molecule has 2 aromatic rings. The first-order valence-electron chi connectivity index (χ1n) is 7.86. The maximum atomic E-state index is 13.0. The van der Waals surface area contributed by atoms with E-state index in [4.69, 9.17) is 9.47 Å². The quantitative estimate of drug-likeness (QED) is 0.463. The number of aromatic nitrogens is 1. The van der Waals surface area contributed by atoms with Gasteiger partial charge < -0.3 is 9.47 Å². The van der Waals surface area contributed by atoms with Crippen molar-refractivity contribution in [3.05, 3.63) is 64.0 Å². The number of anilines is 1. The summed E-state index contributed by atoms with van der Waals surface area (Å²) in [6, 6.07) is 8.87. The summed E-state index contributed by atoms with van der Waals surface area (Å²) in [4.78, 5) is 41.2. The summed E-state index contributed by atoms with van der Waals surface area (Å²) in [6.07, 6.45) is 1.49. The average Bonchev–Trinajstić information content (AvgIpc) is 3.23. The second-order valence-corrected chi connectivity index (χ2v) is 5.80. The molecule has 4 rings (SSSR count). The molecule has 2 aliphatic heterocycles. The van der Waals surface area contributed by atoms with Crippen LogP contribution < -0.4 is 4.90 Å². The first kappa shape index (κ1) is 16.3. The Morgan fingerprint density at radius 3 is 2.69 bits per heavy atom. The van der Waals surface area contributed by atoms with Crippen LogP contribution in [0, 0.1) is 10.1 Å². The Bertz CT molecular complexity index is 908. The van der Waals surface area contributed by atoms with Gasteiger partial charge in [-0.15, -0.1) is 0 Å². The lowest BCUT2D eigenvalue weighted by Crippen LogP contribution is -2.43. The van der Waals surface area contributed by atoms with E-state index in [-0.39, 0.29) is 42.5 Å². The van der Waals surface area contributed by atoms with Gasteiger partial charge in [-0.1, -0.05) is 6.07 Å². The molecule has 1 spiro atoms. The van der Waals surface area contributed by atoms with Crippen molar-refractivity contribution >= 4 is 23.1 Å². The molecule has 2 aliphatic rings.